The second-order valence-electron chi connectivity index (χ2n) is 19.0. The van der Waals surface area contributed by atoms with Crippen molar-refractivity contribution in [3.8, 4) is 0 Å². The SMILES string of the molecule is Cc1cc2c3c(c1)N(c1ccc([Si](C)(C)C)cc1)c1ccc([Si](C)(C)C)cc1B3c1cc([Si](C)(C)C)ccc1N2c1ccc([Si](C)(C)C)cc1. The molecule has 0 fully saturated rings. The molecule has 0 saturated heterocycles. The topological polar surface area (TPSA) is 6.48 Å². The van der Waals surface area contributed by atoms with Crippen molar-refractivity contribution in [2.45, 2.75) is 85.5 Å². The molecule has 0 bridgehead atoms. The molecule has 0 unspecified atom stereocenters. The molecule has 2 nitrogen and oxygen atoms in total. The molecule has 0 spiro atoms. The molecule has 2 aliphatic heterocycles. The fraction of sp³-hybridized carbons (Fsp3) is 0.302. The summed E-state index contributed by atoms with van der Waals surface area (Å²) in [6.45, 7) is 32.0. The zero-order valence-corrected chi connectivity index (χ0v) is 36.7. The van der Waals surface area contributed by atoms with Gasteiger partial charge in [0, 0.05) is 34.1 Å². The highest BCUT2D eigenvalue weighted by atomic mass is 28.3. The average Bonchev–Trinajstić information content (AvgIpc) is 3.02. The first-order valence-corrected chi connectivity index (χ1v) is 32.5. The lowest BCUT2D eigenvalue weighted by atomic mass is 9.33. The number of benzene rings is 5. The highest BCUT2D eigenvalue weighted by molar-refractivity contribution is 7.01. The molecule has 0 atom stereocenters. The fourth-order valence-corrected chi connectivity index (χ4v) is 12.5. The van der Waals surface area contributed by atoms with Crippen LogP contribution in [0.25, 0.3) is 0 Å². The molecule has 50 heavy (non-hydrogen) atoms. The van der Waals surface area contributed by atoms with Crippen molar-refractivity contribution in [1.29, 1.82) is 0 Å². The van der Waals surface area contributed by atoms with Crippen LogP contribution in [0.4, 0.5) is 34.1 Å². The molecule has 0 radical (unpaired) electrons. The van der Waals surface area contributed by atoms with E-state index in [0.29, 0.717) is 0 Å². The summed E-state index contributed by atoms with van der Waals surface area (Å²) in [5.74, 6) is 0. The third-order valence-electron chi connectivity index (χ3n) is 10.9. The van der Waals surface area contributed by atoms with E-state index in [1.165, 1.54) is 76.8 Å². The van der Waals surface area contributed by atoms with Gasteiger partial charge in [0.1, 0.15) is 0 Å². The van der Waals surface area contributed by atoms with Crippen LogP contribution >= 0.6 is 0 Å². The Balaban J connectivity index is 1.57. The van der Waals surface area contributed by atoms with Crippen LogP contribution in [0.5, 0.6) is 0 Å². The van der Waals surface area contributed by atoms with Crippen LogP contribution in [0.2, 0.25) is 78.6 Å². The number of rotatable bonds is 6. The summed E-state index contributed by atoms with van der Waals surface area (Å²) in [6, 6.07) is 39.0. The number of anilines is 6. The fourth-order valence-electron chi connectivity index (χ4n) is 7.85. The van der Waals surface area contributed by atoms with Crippen LogP contribution in [0.15, 0.2) is 97.1 Å². The van der Waals surface area contributed by atoms with Crippen molar-refractivity contribution in [1.82, 2.24) is 0 Å². The number of hydrogen-bond donors (Lipinski definition) is 0. The molecule has 5 aromatic rings. The van der Waals surface area contributed by atoms with E-state index in [4.69, 9.17) is 0 Å². The molecule has 2 aliphatic rings. The zero-order chi connectivity index (χ0) is 36.1. The Morgan fingerprint density at radius 1 is 0.380 bits per heavy atom. The number of fused-ring (bicyclic) bond motifs is 4. The van der Waals surface area contributed by atoms with Gasteiger partial charge < -0.3 is 9.80 Å². The van der Waals surface area contributed by atoms with Crippen molar-refractivity contribution >= 4 is 110 Å². The van der Waals surface area contributed by atoms with Crippen LogP contribution in [0.1, 0.15) is 5.56 Å². The van der Waals surface area contributed by atoms with Crippen molar-refractivity contribution in [2.75, 3.05) is 9.80 Å². The maximum absolute atomic E-state index is 2.60. The van der Waals surface area contributed by atoms with E-state index in [0.717, 1.165) is 0 Å². The standard InChI is InChI=1S/C43H55BN2Si4/c1-30-26-41-43-42(27-30)46(32-16-20-34(21-17-32)48(5,6)7)40-25-23-36(50(11,12)13)29-38(40)44(43)37-28-35(49(8,9)10)22-24-39(37)45(41)31-14-18-33(19-15-31)47(2,3)4/h14-29H,1-13H3. The van der Waals surface area contributed by atoms with Gasteiger partial charge in [-0.15, -0.1) is 0 Å². The minimum atomic E-state index is -1.59. The number of hydrogen-bond acceptors (Lipinski definition) is 2. The van der Waals surface area contributed by atoms with Gasteiger partial charge in [-0.2, -0.15) is 0 Å². The van der Waals surface area contributed by atoms with Crippen molar-refractivity contribution in [3.05, 3.63) is 103 Å². The Kier molecular flexibility index (Phi) is 8.30. The Morgan fingerprint density at radius 2 is 0.700 bits per heavy atom. The molecule has 5 aromatic carbocycles. The monoisotopic (exact) mass is 722 g/mol. The largest absolute Gasteiger partial charge is 0.311 e. The van der Waals surface area contributed by atoms with Gasteiger partial charge in [-0.1, -0.05) is 148 Å². The molecule has 256 valence electrons. The van der Waals surface area contributed by atoms with Gasteiger partial charge in [-0.25, -0.2) is 0 Å². The molecule has 0 N–H and O–H groups in total. The summed E-state index contributed by atoms with van der Waals surface area (Å²) in [7, 11) is -6.07. The predicted octanol–water partition coefficient (Wildman–Crippen LogP) is 8.26. The second-order valence-corrected chi connectivity index (χ2v) is 39.3. The summed E-state index contributed by atoms with van der Waals surface area (Å²) in [5, 5.41) is 6.04. The van der Waals surface area contributed by atoms with E-state index >= 15 is 0 Å². The first-order valence-electron chi connectivity index (χ1n) is 18.5. The first-order chi connectivity index (χ1) is 23.2. The van der Waals surface area contributed by atoms with Crippen LogP contribution in [0.3, 0.4) is 0 Å². The molecule has 7 rings (SSSR count). The summed E-state index contributed by atoms with van der Waals surface area (Å²) >= 11 is 0. The highest BCUT2D eigenvalue weighted by Crippen LogP contribution is 2.44. The molecule has 0 aliphatic carbocycles. The van der Waals surface area contributed by atoms with E-state index in [2.05, 4.69) is 192 Å². The Labute approximate surface area is 306 Å². The Bertz CT molecular complexity index is 1960. The molecule has 0 aromatic heterocycles. The van der Waals surface area contributed by atoms with Gasteiger partial charge in [0.15, 0.2) is 0 Å². The summed E-state index contributed by atoms with van der Waals surface area (Å²) in [6.07, 6.45) is 0. The van der Waals surface area contributed by atoms with Crippen molar-refractivity contribution in [3.63, 3.8) is 0 Å². The Hall–Kier alpha value is -3.37. The summed E-state index contributed by atoms with van der Waals surface area (Å²) < 4.78 is 0. The second kappa shape index (κ2) is 11.8. The van der Waals surface area contributed by atoms with Gasteiger partial charge in [-0.05, 0) is 77.4 Å². The quantitative estimate of drug-likeness (QED) is 0.160. The van der Waals surface area contributed by atoms with E-state index in [1.807, 2.05) is 0 Å². The van der Waals surface area contributed by atoms with E-state index in [-0.39, 0.29) is 6.71 Å². The summed E-state index contributed by atoms with van der Waals surface area (Å²) in [4.78, 5) is 5.17. The minimum absolute atomic E-state index is 0.160. The van der Waals surface area contributed by atoms with Crippen LogP contribution in [-0.2, 0) is 0 Å². The highest BCUT2D eigenvalue weighted by Gasteiger charge is 2.44. The van der Waals surface area contributed by atoms with Crippen LogP contribution in [-0.4, -0.2) is 39.0 Å². The third kappa shape index (κ3) is 6.04. The van der Waals surface area contributed by atoms with E-state index < -0.39 is 32.3 Å². The molecular weight excluding hydrogens is 668 g/mol. The minimum Gasteiger partial charge on any atom is -0.311 e. The third-order valence-corrected chi connectivity index (χ3v) is 19.1. The smallest absolute Gasteiger partial charge is 0.252 e. The van der Waals surface area contributed by atoms with Crippen LogP contribution in [0, 0.1) is 6.92 Å². The molecule has 2 heterocycles. The van der Waals surface area contributed by atoms with Gasteiger partial charge in [0.05, 0.1) is 32.3 Å². The summed E-state index contributed by atoms with van der Waals surface area (Å²) in [5.41, 5.74) is 13.4. The van der Waals surface area contributed by atoms with Gasteiger partial charge >= 0.3 is 0 Å². The molecule has 7 heteroatoms. The lowest BCUT2D eigenvalue weighted by molar-refractivity contribution is 1.24. The van der Waals surface area contributed by atoms with Crippen LogP contribution < -0.4 is 46.9 Å². The molecular formula is C43H55BN2Si4. The zero-order valence-electron chi connectivity index (χ0n) is 32.7. The lowest BCUT2D eigenvalue weighted by Crippen LogP contribution is -2.63. The van der Waals surface area contributed by atoms with E-state index in [9.17, 15) is 0 Å². The molecule has 0 amide bonds. The predicted molar refractivity (Wildman–Crippen MR) is 237 cm³/mol. The molecule has 0 saturated carbocycles. The van der Waals surface area contributed by atoms with Gasteiger partial charge in [0.2, 0.25) is 0 Å². The number of nitrogens with zero attached hydrogens (tertiary/aromatic N) is 2. The average molecular weight is 723 g/mol. The number of aryl methyl sites for hydroxylation is 1. The lowest BCUT2D eigenvalue weighted by Gasteiger charge is -2.45. The maximum atomic E-state index is 2.60. The van der Waals surface area contributed by atoms with Crippen molar-refractivity contribution < 1.29 is 0 Å². The Morgan fingerprint density at radius 3 is 1.02 bits per heavy atom. The van der Waals surface area contributed by atoms with E-state index in [1.54, 1.807) is 0 Å². The normalized spacial score (nSPS) is 14.4. The first kappa shape index (κ1) is 35.1. The maximum Gasteiger partial charge on any atom is 0.252 e. The van der Waals surface area contributed by atoms with Crippen molar-refractivity contribution in [2.24, 2.45) is 0 Å². The van der Waals surface area contributed by atoms with Gasteiger partial charge in [0.25, 0.3) is 6.71 Å². The van der Waals surface area contributed by atoms with Gasteiger partial charge in [-0.3, -0.25) is 0 Å².